The van der Waals surface area contributed by atoms with Crippen molar-refractivity contribution in [3.63, 3.8) is 0 Å². The molecular weight excluding hydrogens is 222 g/mol. The van der Waals surface area contributed by atoms with Gasteiger partial charge in [0.05, 0.1) is 10.6 Å². The van der Waals surface area contributed by atoms with Crippen molar-refractivity contribution >= 4 is 22.2 Å². The molecule has 3 heterocycles. The summed E-state index contributed by atoms with van der Waals surface area (Å²) in [6.07, 6.45) is 3.34. The van der Waals surface area contributed by atoms with Crippen molar-refractivity contribution in [2.24, 2.45) is 5.73 Å². The number of primary amides is 1. The number of rotatable bonds is 1. The Kier molecular flexibility index (Phi) is 2.03. The van der Waals surface area contributed by atoms with Crippen molar-refractivity contribution < 1.29 is 4.79 Å². The monoisotopic (exact) mass is 237 g/mol. The number of amides is 1. The molecule has 2 aliphatic rings. The first-order valence-corrected chi connectivity index (χ1v) is 6.34. The molecule has 0 saturated carbocycles. The normalized spacial score (nSPS) is 28.1. The molecule has 4 nitrogen and oxygen atoms in total. The Bertz CT molecular complexity index is 468. The minimum Gasteiger partial charge on any atom is -0.390 e. The van der Waals surface area contributed by atoms with Gasteiger partial charge in [-0.05, 0) is 31.9 Å². The predicted molar refractivity (Wildman–Crippen MR) is 64.5 cm³/mol. The summed E-state index contributed by atoms with van der Waals surface area (Å²) in [6.45, 7) is 0. The van der Waals surface area contributed by atoms with E-state index in [4.69, 9.17) is 11.5 Å². The van der Waals surface area contributed by atoms with Gasteiger partial charge in [-0.1, -0.05) is 0 Å². The van der Waals surface area contributed by atoms with Gasteiger partial charge in [0.2, 0.25) is 0 Å². The maximum atomic E-state index is 11.5. The predicted octanol–water partition coefficient (Wildman–Crippen LogP) is 1.12. The van der Waals surface area contributed by atoms with Crippen LogP contribution in [0.25, 0.3) is 0 Å². The molecule has 2 atom stereocenters. The van der Waals surface area contributed by atoms with Crippen molar-refractivity contribution in [1.29, 1.82) is 0 Å². The summed E-state index contributed by atoms with van der Waals surface area (Å²) in [7, 11) is 2.13. The van der Waals surface area contributed by atoms with E-state index < -0.39 is 0 Å². The zero-order chi connectivity index (χ0) is 11.4. The Balaban J connectivity index is 2.19. The van der Waals surface area contributed by atoms with E-state index in [1.165, 1.54) is 11.3 Å². The third-order valence-corrected chi connectivity index (χ3v) is 4.95. The number of nitrogens with zero attached hydrogens (tertiary/aromatic N) is 1. The van der Waals surface area contributed by atoms with Crippen LogP contribution in [0.4, 0.5) is 5.00 Å². The SMILES string of the molecule is CN1C2CC[C@H]1c1c(sc(N)c1C(N)=O)C2. The van der Waals surface area contributed by atoms with E-state index in [2.05, 4.69) is 11.9 Å². The number of hydrogen-bond acceptors (Lipinski definition) is 4. The van der Waals surface area contributed by atoms with E-state index in [-0.39, 0.29) is 5.91 Å². The van der Waals surface area contributed by atoms with Crippen molar-refractivity contribution in [2.45, 2.75) is 31.3 Å². The minimum absolute atomic E-state index is 0.352. The first-order valence-electron chi connectivity index (χ1n) is 5.52. The molecule has 3 rings (SSSR count). The molecular formula is C11H15N3OS. The fourth-order valence-corrected chi connectivity index (χ4v) is 4.29. The molecule has 1 aromatic rings. The van der Waals surface area contributed by atoms with Crippen LogP contribution in [0, 0.1) is 0 Å². The number of nitrogen functional groups attached to an aromatic ring is 1. The Morgan fingerprint density at radius 1 is 1.50 bits per heavy atom. The molecule has 4 N–H and O–H groups in total. The molecule has 16 heavy (non-hydrogen) atoms. The van der Waals surface area contributed by atoms with Crippen molar-refractivity contribution in [3.05, 3.63) is 16.0 Å². The lowest BCUT2D eigenvalue weighted by Crippen LogP contribution is -2.34. The smallest absolute Gasteiger partial charge is 0.252 e. The van der Waals surface area contributed by atoms with Crippen LogP contribution in [-0.4, -0.2) is 23.9 Å². The van der Waals surface area contributed by atoms with E-state index in [1.54, 1.807) is 11.3 Å². The zero-order valence-electron chi connectivity index (χ0n) is 9.19. The standard InChI is InChI=1S/C11H15N3OS/c1-14-5-2-3-6(14)8-7(4-5)16-11(13)9(8)10(12)15/h5-6H,2-4,13H2,1H3,(H2,12,15)/t5?,6-/m0/s1. The summed E-state index contributed by atoms with van der Waals surface area (Å²) in [6, 6.07) is 0.973. The highest BCUT2D eigenvalue weighted by molar-refractivity contribution is 7.16. The number of thiophene rings is 1. The lowest BCUT2D eigenvalue weighted by atomic mass is 9.97. The molecule has 0 radical (unpaired) electrons. The molecule has 1 unspecified atom stereocenters. The van der Waals surface area contributed by atoms with Gasteiger partial charge in [0.15, 0.2) is 0 Å². The fraction of sp³-hybridized carbons (Fsp3) is 0.545. The molecule has 1 aromatic heterocycles. The number of carbonyl (C=O) groups is 1. The molecule has 2 aliphatic heterocycles. The number of nitrogens with two attached hydrogens (primary N) is 2. The molecule has 2 bridgehead atoms. The van der Waals surface area contributed by atoms with Crippen LogP contribution in [0.15, 0.2) is 0 Å². The van der Waals surface area contributed by atoms with Gasteiger partial charge in [-0.25, -0.2) is 0 Å². The Morgan fingerprint density at radius 3 is 2.94 bits per heavy atom. The summed E-state index contributed by atoms with van der Waals surface area (Å²) >= 11 is 1.54. The number of fused-ring (bicyclic) bond motifs is 4. The van der Waals surface area contributed by atoms with Crippen LogP contribution < -0.4 is 11.5 Å². The zero-order valence-corrected chi connectivity index (χ0v) is 10.0. The van der Waals surface area contributed by atoms with Crippen LogP contribution in [0.3, 0.4) is 0 Å². The van der Waals surface area contributed by atoms with E-state index in [9.17, 15) is 4.79 Å². The second kappa shape index (κ2) is 3.21. The highest BCUT2D eigenvalue weighted by atomic mass is 32.1. The topological polar surface area (TPSA) is 72.3 Å². The van der Waals surface area contributed by atoms with Gasteiger partial charge in [0.25, 0.3) is 5.91 Å². The fourth-order valence-electron chi connectivity index (χ4n) is 3.09. The molecule has 1 saturated heterocycles. The van der Waals surface area contributed by atoms with E-state index >= 15 is 0 Å². The maximum Gasteiger partial charge on any atom is 0.252 e. The van der Waals surface area contributed by atoms with Gasteiger partial charge in [0, 0.05) is 17.0 Å². The van der Waals surface area contributed by atoms with Crippen molar-refractivity contribution in [3.8, 4) is 0 Å². The lowest BCUT2D eigenvalue weighted by Gasteiger charge is -2.31. The van der Waals surface area contributed by atoms with Crippen LogP contribution >= 0.6 is 11.3 Å². The number of likely N-dealkylation sites (N-methyl/N-ethyl adjacent to an activating group) is 1. The van der Waals surface area contributed by atoms with Crippen LogP contribution in [0.5, 0.6) is 0 Å². The van der Waals surface area contributed by atoms with Gasteiger partial charge in [-0.15, -0.1) is 11.3 Å². The quantitative estimate of drug-likeness (QED) is 0.768. The minimum atomic E-state index is -0.381. The van der Waals surface area contributed by atoms with Gasteiger partial charge in [-0.3, -0.25) is 9.69 Å². The molecule has 0 aromatic carbocycles. The van der Waals surface area contributed by atoms with Crippen LogP contribution in [0.1, 0.15) is 39.7 Å². The average Bonchev–Trinajstić information content (AvgIpc) is 2.64. The third-order valence-electron chi connectivity index (χ3n) is 3.89. The second-order valence-corrected chi connectivity index (χ2v) is 5.80. The van der Waals surface area contributed by atoms with E-state index in [1.807, 2.05) is 0 Å². The summed E-state index contributed by atoms with van der Waals surface area (Å²) in [5.74, 6) is -0.381. The highest BCUT2D eigenvalue weighted by Gasteiger charge is 2.41. The largest absolute Gasteiger partial charge is 0.390 e. The maximum absolute atomic E-state index is 11.5. The van der Waals surface area contributed by atoms with Gasteiger partial charge < -0.3 is 11.5 Å². The van der Waals surface area contributed by atoms with Gasteiger partial charge >= 0.3 is 0 Å². The van der Waals surface area contributed by atoms with Gasteiger partial charge in [-0.2, -0.15) is 0 Å². The first kappa shape index (κ1) is 10.1. The molecule has 0 aliphatic carbocycles. The van der Waals surface area contributed by atoms with E-state index in [0.29, 0.717) is 22.6 Å². The summed E-state index contributed by atoms with van der Waals surface area (Å²) in [5, 5.41) is 0.596. The average molecular weight is 237 g/mol. The molecule has 86 valence electrons. The molecule has 5 heteroatoms. The van der Waals surface area contributed by atoms with E-state index in [0.717, 1.165) is 18.4 Å². The summed E-state index contributed by atoms with van der Waals surface area (Å²) in [5.41, 5.74) is 13.0. The molecule has 1 fully saturated rings. The number of anilines is 1. The van der Waals surface area contributed by atoms with Gasteiger partial charge in [0.1, 0.15) is 0 Å². The van der Waals surface area contributed by atoms with Crippen LogP contribution in [-0.2, 0) is 6.42 Å². The number of carbonyl (C=O) groups excluding carboxylic acids is 1. The molecule has 0 spiro atoms. The summed E-state index contributed by atoms with van der Waals surface area (Å²) < 4.78 is 0. The molecule has 1 amide bonds. The number of hydrogen-bond donors (Lipinski definition) is 2. The highest BCUT2D eigenvalue weighted by Crippen LogP contribution is 2.48. The summed E-state index contributed by atoms with van der Waals surface area (Å²) in [4.78, 5) is 15.1. The second-order valence-electron chi connectivity index (χ2n) is 4.66. The van der Waals surface area contributed by atoms with Crippen molar-refractivity contribution in [1.82, 2.24) is 4.90 Å². The first-order chi connectivity index (χ1) is 7.59. The lowest BCUT2D eigenvalue weighted by molar-refractivity contribution is 0.0997. The third kappa shape index (κ3) is 1.15. The Labute approximate surface area is 98.2 Å². The van der Waals surface area contributed by atoms with Crippen molar-refractivity contribution in [2.75, 3.05) is 12.8 Å². The Hall–Kier alpha value is -1.07. The van der Waals surface area contributed by atoms with Crippen LogP contribution in [0.2, 0.25) is 0 Å². The Morgan fingerprint density at radius 2 is 2.25 bits per heavy atom.